The van der Waals surface area contributed by atoms with Gasteiger partial charge in [0.2, 0.25) is 0 Å². The van der Waals surface area contributed by atoms with Gasteiger partial charge in [-0.3, -0.25) is 10.1 Å². The van der Waals surface area contributed by atoms with Crippen LogP contribution in [0.1, 0.15) is 11.5 Å². The quantitative estimate of drug-likeness (QED) is 0.562. The molecular formula is C9H6N6O2S. The third kappa shape index (κ3) is 1.80. The molecule has 0 radical (unpaired) electrons. The molecule has 90 valence electrons. The summed E-state index contributed by atoms with van der Waals surface area (Å²) in [4.78, 5) is 10.3. The van der Waals surface area contributed by atoms with Crippen molar-refractivity contribution in [1.82, 2.24) is 25.0 Å². The van der Waals surface area contributed by atoms with Gasteiger partial charge >= 0.3 is 0 Å². The first-order valence-corrected chi connectivity index (χ1v) is 5.76. The number of aromatic nitrogens is 5. The molecule has 2 heterocycles. The molecule has 0 saturated carbocycles. The van der Waals surface area contributed by atoms with Gasteiger partial charge < -0.3 is 0 Å². The number of fused-ring (bicyclic) bond motifs is 1. The fraction of sp³-hybridized carbons (Fsp3) is 0.111. The van der Waals surface area contributed by atoms with Crippen molar-refractivity contribution in [2.45, 2.75) is 6.42 Å². The molecule has 8 nitrogen and oxygen atoms in total. The van der Waals surface area contributed by atoms with Crippen molar-refractivity contribution >= 4 is 27.3 Å². The van der Waals surface area contributed by atoms with E-state index < -0.39 is 4.92 Å². The van der Waals surface area contributed by atoms with Crippen LogP contribution in [0.25, 0.3) is 10.1 Å². The maximum absolute atomic E-state index is 10.7. The van der Waals surface area contributed by atoms with Crippen LogP contribution in [0.5, 0.6) is 0 Å². The number of tetrazole rings is 1. The number of nitro benzene ring substituents is 1. The molecule has 3 rings (SSSR count). The van der Waals surface area contributed by atoms with Crippen molar-refractivity contribution in [3.05, 3.63) is 39.8 Å². The molecule has 18 heavy (non-hydrogen) atoms. The molecule has 0 aliphatic carbocycles. The van der Waals surface area contributed by atoms with E-state index in [-0.39, 0.29) is 5.69 Å². The second-order valence-corrected chi connectivity index (χ2v) is 4.38. The van der Waals surface area contributed by atoms with E-state index in [1.165, 1.54) is 23.7 Å². The number of nitro groups is 1. The Morgan fingerprint density at radius 3 is 3.06 bits per heavy atom. The summed E-state index contributed by atoms with van der Waals surface area (Å²) in [6.07, 6.45) is 0.400. The Labute approximate surface area is 104 Å². The first-order valence-electron chi connectivity index (χ1n) is 4.99. The van der Waals surface area contributed by atoms with Gasteiger partial charge in [0.25, 0.3) is 5.69 Å². The molecule has 9 heteroatoms. The van der Waals surface area contributed by atoms with Crippen molar-refractivity contribution in [2.24, 2.45) is 0 Å². The van der Waals surface area contributed by atoms with Crippen LogP contribution in [0.4, 0.5) is 5.69 Å². The molecule has 2 aromatic heterocycles. The van der Waals surface area contributed by atoms with Gasteiger partial charge in [-0.2, -0.15) is 9.59 Å². The predicted octanol–water partition coefficient (Wildman–Crippen LogP) is 1.31. The first kappa shape index (κ1) is 10.7. The van der Waals surface area contributed by atoms with Gasteiger partial charge in [-0.05, 0) is 17.6 Å². The van der Waals surface area contributed by atoms with Gasteiger partial charge in [-0.15, -0.1) is 10.2 Å². The minimum absolute atomic E-state index is 0.0528. The third-order valence-electron chi connectivity index (χ3n) is 2.45. The van der Waals surface area contributed by atoms with Gasteiger partial charge in [0.15, 0.2) is 5.82 Å². The molecule has 0 spiro atoms. The van der Waals surface area contributed by atoms with Crippen molar-refractivity contribution in [1.29, 1.82) is 0 Å². The van der Waals surface area contributed by atoms with Crippen LogP contribution in [0, 0.1) is 10.1 Å². The highest BCUT2D eigenvalue weighted by molar-refractivity contribution is 7.13. The van der Waals surface area contributed by atoms with Gasteiger partial charge in [0.1, 0.15) is 0 Å². The van der Waals surface area contributed by atoms with Gasteiger partial charge in [-0.1, -0.05) is 5.21 Å². The summed E-state index contributed by atoms with van der Waals surface area (Å²) in [6, 6.07) is 4.69. The third-order valence-corrected chi connectivity index (χ3v) is 3.32. The van der Waals surface area contributed by atoms with Crippen LogP contribution < -0.4 is 0 Å². The summed E-state index contributed by atoms with van der Waals surface area (Å²) in [7, 11) is 0. The second-order valence-electron chi connectivity index (χ2n) is 3.57. The van der Waals surface area contributed by atoms with E-state index in [1.54, 1.807) is 6.07 Å². The molecular weight excluding hydrogens is 256 g/mol. The summed E-state index contributed by atoms with van der Waals surface area (Å²) in [6.45, 7) is 0. The topological polar surface area (TPSA) is 110 Å². The highest BCUT2D eigenvalue weighted by Crippen LogP contribution is 2.27. The molecule has 1 N–H and O–H groups in total. The van der Waals surface area contributed by atoms with Crippen molar-refractivity contribution < 1.29 is 4.92 Å². The summed E-state index contributed by atoms with van der Waals surface area (Å²) in [5, 5.41) is 25.0. The summed E-state index contributed by atoms with van der Waals surface area (Å²) < 4.78 is 5.17. The van der Waals surface area contributed by atoms with E-state index in [1.807, 2.05) is 0 Å². The zero-order valence-electron chi connectivity index (χ0n) is 8.90. The van der Waals surface area contributed by atoms with Gasteiger partial charge in [0.05, 0.1) is 21.7 Å². The van der Waals surface area contributed by atoms with E-state index in [2.05, 4.69) is 25.0 Å². The number of non-ortho nitro benzene ring substituents is 1. The monoisotopic (exact) mass is 262 g/mol. The maximum Gasteiger partial charge on any atom is 0.270 e. The van der Waals surface area contributed by atoms with E-state index in [0.717, 1.165) is 15.8 Å². The standard InChI is InChI=1S/C9H6N6O2S/c16-15(17)5-1-2-8-6(3-5)7(12-18-8)4-9-10-13-14-11-9/h1-3H,4H2,(H,10,11,13,14). The number of hydrogen-bond acceptors (Lipinski definition) is 7. The Hall–Kier alpha value is -2.42. The van der Waals surface area contributed by atoms with Crippen LogP contribution in [0.15, 0.2) is 18.2 Å². The van der Waals surface area contributed by atoms with Crippen LogP contribution in [-0.4, -0.2) is 29.9 Å². The average Bonchev–Trinajstić information content (AvgIpc) is 2.99. The number of aromatic amines is 1. The second kappa shape index (κ2) is 4.11. The molecule has 3 aromatic rings. The molecule has 0 amide bonds. The Bertz CT molecular complexity index is 707. The molecule has 0 bridgehead atoms. The SMILES string of the molecule is O=[N+]([O-])c1ccc2snc(Cc3nn[nH]n3)c2c1. The average molecular weight is 262 g/mol. The van der Waals surface area contributed by atoms with Gasteiger partial charge in [-0.25, -0.2) is 0 Å². The van der Waals surface area contributed by atoms with E-state index in [4.69, 9.17) is 0 Å². The number of H-pyrrole nitrogens is 1. The minimum atomic E-state index is -0.421. The fourth-order valence-electron chi connectivity index (χ4n) is 1.62. The lowest BCUT2D eigenvalue weighted by Gasteiger charge is -1.94. The number of benzene rings is 1. The Morgan fingerprint density at radius 1 is 1.44 bits per heavy atom. The Morgan fingerprint density at radius 2 is 2.33 bits per heavy atom. The maximum atomic E-state index is 10.7. The zero-order chi connectivity index (χ0) is 12.5. The molecule has 0 atom stereocenters. The molecule has 0 fully saturated rings. The molecule has 0 aliphatic heterocycles. The lowest BCUT2D eigenvalue weighted by molar-refractivity contribution is -0.384. The Kier molecular flexibility index (Phi) is 2.45. The van der Waals surface area contributed by atoms with Crippen LogP contribution in [0.3, 0.4) is 0 Å². The highest BCUT2D eigenvalue weighted by atomic mass is 32.1. The zero-order valence-corrected chi connectivity index (χ0v) is 9.72. The number of nitrogens with one attached hydrogen (secondary N) is 1. The fourth-order valence-corrected chi connectivity index (χ4v) is 2.40. The number of nitrogens with zero attached hydrogens (tertiary/aromatic N) is 5. The minimum Gasteiger partial charge on any atom is -0.258 e. The van der Waals surface area contributed by atoms with Crippen molar-refractivity contribution in [3.63, 3.8) is 0 Å². The lowest BCUT2D eigenvalue weighted by Crippen LogP contribution is -1.92. The first-order chi connectivity index (χ1) is 8.74. The number of rotatable bonds is 3. The summed E-state index contributed by atoms with van der Waals surface area (Å²) >= 11 is 1.30. The smallest absolute Gasteiger partial charge is 0.258 e. The normalized spacial score (nSPS) is 10.9. The van der Waals surface area contributed by atoms with Gasteiger partial charge in [0, 0.05) is 17.5 Å². The van der Waals surface area contributed by atoms with Crippen molar-refractivity contribution in [2.75, 3.05) is 0 Å². The molecule has 1 aromatic carbocycles. The summed E-state index contributed by atoms with van der Waals surface area (Å²) in [5.41, 5.74) is 0.775. The van der Waals surface area contributed by atoms with E-state index in [0.29, 0.717) is 12.2 Å². The van der Waals surface area contributed by atoms with Crippen LogP contribution in [-0.2, 0) is 6.42 Å². The number of hydrogen-bond donors (Lipinski definition) is 1. The van der Waals surface area contributed by atoms with E-state index in [9.17, 15) is 10.1 Å². The summed E-state index contributed by atoms with van der Waals surface area (Å²) in [5.74, 6) is 0.508. The van der Waals surface area contributed by atoms with Crippen LogP contribution >= 0.6 is 11.5 Å². The Balaban J connectivity index is 2.06. The molecule has 0 aliphatic rings. The largest absolute Gasteiger partial charge is 0.270 e. The lowest BCUT2D eigenvalue weighted by atomic mass is 10.1. The van der Waals surface area contributed by atoms with E-state index >= 15 is 0 Å². The van der Waals surface area contributed by atoms with Crippen molar-refractivity contribution in [3.8, 4) is 0 Å². The molecule has 0 saturated heterocycles. The molecule has 0 unspecified atom stereocenters. The van der Waals surface area contributed by atoms with Crippen LogP contribution in [0.2, 0.25) is 0 Å². The highest BCUT2D eigenvalue weighted by Gasteiger charge is 2.13. The predicted molar refractivity (Wildman–Crippen MR) is 63.3 cm³/mol.